The van der Waals surface area contributed by atoms with Crippen molar-refractivity contribution in [1.29, 1.82) is 0 Å². The lowest BCUT2D eigenvalue weighted by molar-refractivity contribution is 0.0948. The Balaban J connectivity index is 0.00000300. The summed E-state index contributed by atoms with van der Waals surface area (Å²) in [6, 6.07) is 15.4. The number of aliphatic imine (C=N–C) groups is 1. The molecular weight excluding hydrogens is 499 g/mol. The van der Waals surface area contributed by atoms with Gasteiger partial charge in [-0.15, -0.1) is 35.3 Å². The number of hydrogen-bond donors (Lipinski definition) is 3. The molecule has 0 saturated carbocycles. The number of carbonyl (C=O) groups excluding carboxylic acids is 1. The first-order chi connectivity index (χ1) is 13.6. The fourth-order valence-corrected chi connectivity index (χ4v) is 3.49. The van der Waals surface area contributed by atoms with Gasteiger partial charge in [0, 0.05) is 28.9 Å². The van der Waals surface area contributed by atoms with E-state index >= 15 is 0 Å². The Labute approximate surface area is 191 Å². The van der Waals surface area contributed by atoms with E-state index in [9.17, 15) is 4.79 Å². The minimum absolute atomic E-state index is 0. The Morgan fingerprint density at radius 3 is 2.55 bits per heavy atom. The number of hydrogen-bond acceptors (Lipinski definition) is 4. The number of guanidine groups is 1. The highest BCUT2D eigenvalue weighted by Gasteiger charge is 2.07. The minimum atomic E-state index is -0.131. The normalized spacial score (nSPS) is 10.9. The molecule has 1 aromatic carbocycles. The summed E-state index contributed by atoms with van der Waals surface area (Å²) in [5.41, 5.74) is 1.61. The van der Waals surface area contributed by atoms with Crippen molar-refractivity contribution in [3.05, 3.63) is 81.4 Å². The van der Waals surface area contributed by atoms with E-state index in [0.717, 1.165) is 23.8 Å². The molecule has 6 nitrogen and oxygen atoms in total. The molecule has 3 rings (SSSR count). The molecule has 8 heteroatoms. The van der Waals surface area contributed by atoms with Crippen LogP contribution in [0.4, 0.5) is 0 Å². The number of halogens is 1. The molecule has 2 heterocycles. The summed E-state index contributed by atoms with van der Waals surface area (Å²) < 4.78 is 5.23. The molecule has 0 radical (unpaired) electrons. The Kier molecular flexibility index (Phi) is 9.20. The van der Waals surface area contributed by atoms with Crippen LogP contribution < -0.4 is 16.0 Å². The molecule has 3 aromatic rings. The lowest BCUT2D eigenvalue weighted by atomic mass is 10.1. The molecule has 0 atom stereocenters. The van der Waals surface area contributed by atoms with E-state index in [-0.39, 0.29) is 29.9 Å². The van der Waals surface area contributed by atoms with E-state index in [1.54, 1.807) is 36.8 Å². The van der Waals surface area contributed by atoms with Gasteiger partial charge in [0.15, 0.2) is 5.96 Å². The summed E-state index contributed by atoms with van der Waals surface area (Å²) in [7, 11) is 1.74. The summed E-state index contributed by atoms with van der Waals surface area (Å²) in [4.78, 5) is 19.1. The van der Waals surface area contributed by atoms with Crippen LogP contribution in [0.2, 0.25) is 0 Å². The molecule has 0 aliphatic rings. The third-order valence-electron chi connectivity index (χ3n) is 4.10. The van der Waals surface area contributed by atoms with E-state index in [0.29, 0.717) is 18.7 Å². The Hall–Kier alpha value is -2.33. The van der Waals surface area contributed by atoms with Crippen molar-refractivity contribution in [1.82, 2.24) is 16.0 Å². The monoisotopic (exact) mass is 524 g/mol. The van der Waals surface area contributed by atoms with Gasteiger partial charge in [-0.25, -0.2) is 0 Å². The first-order valence-electron chi connectivity index (χ1n) is 9.03. The highest BCUT2D eigenvalue weighted by atomic mass is 127. The van der Waals surface area contributed by atoms with Crippen molar-refractivity contribution in [2.75, 3.05) is 7.05 Å². The number of thiophene rings is 1. The van der Waals surface area contributed by atoms with Gasteiger partial charge in [-0.1, -0.05) is 12.1 Å². The van der Waals surface area contributed by atoms with Gasteiger partial charge >= 0.3 is 0 Å². The van der Waals surface area contributed by atoms with E-state index in [1.807, 2.05) is 24.3 Å². The topological polar surface area (TPSA) is 78.7 Å². The van der Waals surface area contributed by atoms with Crippen LogP contribution in [0.25, 0.3) is 0 Å². The Morgan fingerprint density at radius 1 is 1.03 bits per heavy atom. The summed E-state index contributed by atoms with van der Waals surface area (Å²) in [5, 5.41) is 9.44. The minimum Gasteiger partial charge on any atom is -0.467 e. The largest absolute Gasteiger partial charge is 0.467 e. The van der Waals surface area contributed by atoms with Crippen molar-refractivity contribution in [3.8, 4) is 0 Å². The van der Waals surface area contributed by atoms with Crippen LogP contribution in [0.5, 0.6) is 0 Å². The molecule has 0 aliphatic carbocycles. The third kappa shape index (κ3) is 7.21. The zero-order chi connectivity index (χ0) is 19.8. The quantitative estimate of drug-likeness (QED) is 0.248. The van der Waals surface area contributed by atoms with Crippen LogP contribution in [0.15, 0.2) is 64.2 Å². The van der Waals surface area contributed by atoms with Crippen molar-refractivity contribution >= 4 is 47.2 Å². The molecule has 3 N–H and O–H groups in total. The van der Waals surface area contributed by atoms with E-state index in [4.69, 9.17) is 4.42 Å². The zero-order valence-electron chi connectivity index (χ0n) is 16.4. The number of aryl methyl sites for hydroxylation is 1. The number of benzene rings is 1. The SMILES string of the molecule is CN=C(NCc1cccc(C(=O)NCc2ccco2)c1)NCc1ccc(C)s1.I. The number of amides is 1. The maximum absolute atomic E-state index is 12.3. The van der Waals surface area contributed by atoms with Crippen LogP contribution >= 0.6 is 35.3 Å². The predicted octanol–water partition coefficient (Wildman–Crippen LogP) is 4.06. The summed E-state index contributed by atoms with van der Waals surface area (Å²) >= 11 is 1.77. The maximum atomic E-state index is 12.3. The molecular formula is C21H25IN4O2S. The molecule has 154 valence electrons. The maximum Gasteiger partial charge on any atom is 0.251 e. The lowest BCUT2D eigenvalue weighted by Crippen LogP contribution is -2.36. The zero-order valence-corrected chi connectivity index (χ0v) is 19.5. The highest BCUT2D eigenvalue weighted by Crippen LogP contribution is 2.14. The smallest absolute Gasteiger partial charge is 0.251 e. The van der Waals surface area contributed by atoms with Crippen LogP contribution in [-0.2, 0) is 19.6 Å². The molecule has 0 bridgehead atoms. The van der Waals surface area contributed by atoms with Gasteiger partial charge in [-0.05, 0) is 48.9 Å². The predicted molar refractivity (Wildman–Crippen MR) is 128 cm³/mol. The fourth-order valence-electron chi connectivity index (χ4n) is 2.66. The number of rotatable bonds is 7. The van der Waals surface area contributed by atoms with Gasteiger partial charge in [-0.3, -0.25) is 9.79 Å². The lowest BCUT2D eigenvalue weighted by Gasteiger charge is -2.12. The fraction of sp³-hybridized carbons (Fsp3) is 0.238. The van der Waals surface area contributed by atoms with Crippen molar-refractivity contribution in [2.24, 2.45) is 4.99 Å². The number of nitrogens with zero attached hydrogens (tertiary/aromatic N) is 1. The highest BCUT2D eigenvalue weighted by molar-refractivity contribution is 14.0. The summed E-state index contributed by atoms with van der Waals surface area (Å²) in [5.74, 6) is 1.31. The van der Waals surface area contributed by atoms with Gasteiger partial charge in [0.1, 0.15) is 5.76 Å². The van der Waals surface area contributed by atoms with Crippen LogP contribution in [0.1, 0.15) is 31.4 Å². The van der Waals surface area contributed by atoms with Gasteiger partial charge in [0.05, 0.1) is 19.4 Å². The molecule has 0 saturated heterocycles. The number of nitrogens with one attached hydrogen (secondary N) is 3. The van der Waals surface area contributed by atoms with Crippen LogP contribution in [0.3, 0.4) is 0 Å². The number of furan rings is 1. The Bertz CT molecular complexity index is 938. The van der Waals surface area contributed by atoms with E-state index in [1.165, 1.54) is 9.75 Å². The molecule has 1 amide bonds. The summed E-state index contributed by atoms with van der Waals surface area (Å²) in [6.07, 6.45) is 1.59. The van der Waals surface area contributed by atoms with Crippen LogP contribution in [-0.4, -0.2) is 18.9 Å². The van der Waals surface area contributed by atoms with Gasteiger partial charge in [0.25, 0.3) is 5.91 Å². The van der Waals surface area contributed by atoms with Gasteiger partial charge in [-0.2, -0.15) is 0 Å². The van der Waals surface area contributed by atoms with Crippen molar-refractivity contribution in [3.63, 3.8) is 0 Å². The second-order valence-electron chi connectivity index (χ2n) is 6.25. The molecule has 0 spiro atoms. The van der Waals surface area contributed by atoms with Gasteiger partial charge in [0.2, 0.25) is 0 Å². The summed E-state index contributed by atoms with van der Waals surface area (Å²) in [6.45, 7) is 3.77. The average molecular weight is 524 g/mol. The average Bonchev–Trinajstić information content (AvgIpc) is 3.38. The first-order valence-corrected chi connectivity index (χ1v) is 9.85. The third-order valence-corrected chi connectivity index (χ3v) is 5.10. The van der Waals surface area contributed by atoms with E-state index in [2.05, 4.69) is 40.0 Å². The molecule has 2 aromatic heterocycles. The molecule has 0 aliphatic heterocycles. The van der Waals surface area contributed by atoms with Crippen LogP contribution in [0, 0.1) is 6.92 Å². The Morgan fingerprint density at radius 2 is 1.86 bits per heavy atom. The molecule has 0 unspecified atom stereocenters. The first kappa shape index (κ1) is 23.0. The van der Waals surface area contributed by atoms with Gasteiger partial charge < -0.3 is 20.4 Å². The molecule has 0 fully saturated rings. The van der Waals surface area contributed by atoms with Crippen molar-refractivity contribution in [2.45, 2.75) is 26.6 Å². The van der Waals surface area contributed by atoms with Crippen molar-refractivity contribution < 1.29 is 9.21 Å². The standard InChI is InChI=1S/C21H24N4O2S.HI/c1-15-8-9-19(28-15)14-25-21(22-2)24-12-16-5-3-6-17(11-16)20(26)23-13-18-7-4-10-27-18;/h3-11H,12-14H2,1-2H3,(H,23,26)(H2,22,24,25);1H. The second-order valence-corrected chi connectivity index (χ2v) is 7.63. The molecule has 29 heavy (non-hydrogen) atoms. The second kappa shape index (κ2) is 11.6. The van der Waals surface area contributed by atoms with E-state index < -0.39 is 0 Å². The number of carbonyl (C=O) groups is 1.